The maximum atomic E-state index is 6.00. The number of anilines is 3. The molecule has 194 valence electrons. The predicted molar refractivity (Wildman–Crippen MR) is 156 cm³/mol. The van der Waals surface area contributed by atoms with E-state index in [1.807, 2.05) is 42.5 Å². The third-order valence-electron chi connectivity index (χ3n) is 7.21. The molecule has 38 heavy (non-hydrogen) atoms. The molecule has 2 N–H and O–H groups in total. The lowest BCUT2D eigenvalue weighted by Gasteiger charge is -2.32. The summed E-state index contributed by atoms with van der Waals surface area (Å²) < 4.78 is 6.00. The fourth-order valence-electron chi connectivity index (χ4n) is 5.24. The SMILES string of the molecule is CC1CCCN(c2cc(N3Cc4ccccc4C3)nc(NC(=S)NCc3ccc(-c4ccccc4)o3)n2)C1. The number of fused-ring (bicyclic) bond motifs is 1. The third-order valence-corrected chi connectivity index (χ3v) is 7.46. The highest BCUT2D eigenvalue weighted by Gasteiger charge is 2.24. The minimum atomic E-state index is 0.461. The van der Waals surface area contributed by atoms with E-state index < -0.39 is 0 Å². The lowest BCUT2D eigenvalue weighted by molar-refractivity contribution is 0.444. The maximum Gasteiger partial charge on any atom is 0.232 e. The first-order chi connectivity index (χ1) is 18.6. The summed E-state index contributed by atoms with van der Waals surface area (Å²) >= 11 is 5.62. The monoisotopic (exact) mass is 524 g/mol. The predicted octanol–water partition coefficient (Wildman–Crippen LogP) is 5.98. The number of hydrogen-bond donors (Lipinski definition) is 2. The van der Waals surface area contributed by atoms with Gasteiger partial charge in [-0.15, -0.1) is 0 Å². The smallest absolute Gasteiger partial charge is 0.232 e. The average molecular weight is 525 g/mol. The van der Waals surface area contributed by atoms with Crippen molar-refractivity contribution in [3.05, 3.63) is 89.7 Å². The molecule has 2 aliphatic rings. The van der Waals surface area contributed by atoms with Gasteiger partial charge in [0.05, 0.1) is 6.54 Å². The molecule has 7 nitrogen and oxygen atoms in total. The lowest BCUT2D eigenvalue weighted by atomic mass is 10.0. The number of rotatable bonds is 6. The highest BCUT2D eigenvalue weighted by atomic mass is 32.1. The summed E-state index contributed by atoms with van der Waals surface area (Å²) in [5.41, 5.74) is 3.74. The molecule has 4 heterocycles. The molecule has 4 aromatic rings. The first-order valence-electron chi connectivity index (χ1n) is 13.3. The Kier molecular flexibility index (Phi) is 6.96. The number of nitrogens with one attached hydrogen (secondary N) is 2. The summed E-state index contributed by atoms with van der Waals surface area (Å²) in [5.74, 6) is 4.65. The van der Waals surface area contributed by atoms with Gasteiger partial charge in [-0.25, -0.2) is 0 Å². The van der Waals surface area contributed by atoms with Gasteiger partial charge >= 0.3 is 0 Å². The Morgan fingerprint density at radius 1 is 0.947 bits per heavy atom. The molecular formula is C30H32N6OS. The van der Waals surface area contributed by atoms with Gasteiger partial charge < -0.3 is 24.9 Å². The van der Waals surface area contributed by atoms with Crippen LogP contribution in [0, 0.1) is 5.92 Å². The summed E-state index contributed by atoms with van der Waals surface area (Å²) in [6, 6.07) is 24.7. The van der Waals surface area contributed by atoms with Gasteiger partial charge in [0.2, 0.25) is 5.95 Å². The largest absolute Gasteiger partial charge is 0.459 e. The molecule has 2 aromatic heterocycles. The Bertz CT molecular complexity index is 1400. The van der Waals surface area contributed by atoms with Crippen molar-refractivity contribution in [3.8, 4) is 11.3 Å². The number of thiocarbonyl (C=S) groups is 1. The molecule has 1 fully saturated rings. The molecule has 0 spiro atoms. The van der Waals surface area contributed by atoms with E-state index >= 15 is 0 Å². The normalized spacial score (nSPS) is 16.8. The minimum absolute atomic E-state index is 0.461. The number of furan rings is 1. The summed E-state index contributed by atoms with van der Waals surface area (Å²) in [5, 5.41) is 6.93. The zero-order chi connectivity index (χ0) is 25.9. The first-order valence-corrected chi connectivity index (χ1v) is 13.7. The van der Waals surface area contributed by atoms with Gasteiger partial charge in [0.25, 0.3) is 0 Å². The molecule has 1 saturated heterocycles. The quantitative estimate of drug-likeness (QED) is 0.299. The topological polar surface area (TPSA) is 69.5 Å². The van der Waals surface area contributed by atoms with Crippen molar-refractivity contribution in [1.82, 2.24) is 15.3 Å². The second kappa shape index (κ2) is 10.8. The van der Waals surface area contributed by atoms with Crippen molar-refractivity contribution in [2.75, 3.05) is 28.2 Å². The van der Waals surface area contributed by atoms with E-state index in [2.05, 4.69) is 57.7 Å². The van der Waals surface area contributed by atoms with E-state index in [0.717, 1.165) is 54.9 Å². The van der Waals surface area contributed by atoms with Crippen LogP contribution >= 0.6 is 12.2 Å². The van der Waals surface area contributed by atoms with Crippen LogP contribution in [0.1, 0.15) is 36.7 Å². The Morgan fingerprint density at radius 2 is 1.66 bits per heavy atom. The molecule has 1 unspecified atom stereocenters. The molecule has 1 atom stereocenters. The van der Waals surface area contributed by atoms with Crippen molar-refractivity contribution < 1.29 is 4.42 Å². The Morgan fingerprint density at radius 3 is 2.39 bits per heavy atom. The van der Waals surface area contributed by atoms with Crippen LogP contribution < -0.4 is 20.4 Å². The van der Waals surface area contributed by atoms with Crippen LogP contribution in [0.4, 0.5) is 17.6 Å². The zero-order valence-corrected chi connectivity index (χ0v) is 22.4. The summed E-state index contributed by atoms with van der Waals surface area (Å²) in [4.78, 5) is 14.4. The van der Waals surface area contributed by atoms with Gasteiger partial charge in [0, 0.05) is 37.8 Å². The molecule has 2 aromatic carbocycles. The molecule has 6 rings (SSSR count). The van der Waals surface area contributed by atoms with Crippen LogP contribution in [0.2, 0.25) is 0 Å². The Hall–Kier alpha value is -3.91. The molecule has 0 radical (unpaired) electrons. The molecule has 8 heteroatoms. The lowest BCUT2D eigenvalue weighted by Crippen LogP contribution is -2.35. The van der Waals surface area contributed by atoms with Gasteiger partial charge in [-0.2, -0.15) is 9.97 Å². The second-order valence-corrected chi connectivity index (χ2v) is 10.6. The highest BCUT2D eigenvalue weighted by molar-refractivity contribution is 7.80. The molecular weight excluding hydrogens is 492 g/mol. The van der Waals surface area contributed by atoms with Crippen LogP contribution in [0.15, 0.2) is 77.2 Å². The van der Waals surface area contributed by atoms with E-state index in [0.29, 0.717) is 23.5 Å². The number of benzene rings is 2. The maximum absolute atomic E-state index is 6.00. The first kappa shape index (κ1) is 24.4. The van der Waals surface area contributed by atoms with Gasteiger partial charge in [-0.05, 0) is 54.2 Å². The second-order valence-electron chi connectivity index (χ2n) is 10.2. The zero-order valence-electron chi connectivity index (χ0n) is 21.6. The van der Waals surface area contributed by atoms with Crippen molar-refractivity contribution in [3.63, 3.8) is 0 Å². The van der Waals surface area contributed by atoms with Gasteiger partial charge in [0.1, 0.15) is 23.2 Å². The Labute approximate surface area is 228 Å². The van der Waals surface area contributed by atoms with E-state index in [4.69, 9.17) is 26.6 Å². The minimum Gasteiger partial charge on any atom is -0.459 e. The molecule has 2 aliphatic heterocycles. The highest BCUT2D eigenvalue weighted by Crippen LogP contribution is 2.31. The van der Waals surface area contributed by atoms with Gasteiger partial charge in [-0.3, -0.25) is 0 Å². The van der Waals surface area contributed by atoms with Crippen LogP contribution in [0.3, 0.4) is 0 Å². The van der Waals surface area contributed by atoms with Gasteiger partial charge in [-0.1, -0.05) is 61.5 Å². The van der Waals surface area contributed by atoms with E-state index in [1.165, 1.54) is 24.0 Å². The van der Waals surface area contributed by atoms with Crippen molar-refractivity contribution in [1.29, 1.82) is 0 Å². The molecule has 0 aliphatic carbocycles. The van der Waals surface area contributed by atoms with Crippen LogP contribution in [0.5, 0.6) is 0 Å². The molecule has 0 saturated carbocycles. The summed E-state index contributed by atoms with van der Waals surface area (Å²) in [6.07, 6.45) is 2.43. The number of nitrogens with zero attached hydrogens (tertiary/aromatic N) is 4. The fraction of sp³-hybridized carbons (Fsp3) is 0.300. The van der Waals surface area contributed by atoms with Crippen LogP contribution in [0.25, 0.3) is 11.3 Å². The number of piperidine rings is 1. The van der Waals surface area contributed by atoms with E-state index in [1.54, 1.807) is 0 Å². The van der Waals surface area contributed by atoms with Crippen LogP contribution in [-0.2, 0) is 19.6 Å². The fourth-order valence-corrected chi connectivity index (χ4v) is 5.40. The third kappa shape index (κ3) is 5.50. The average Bonchev–Trinajstić information content (AvgIpc) is 3.60. The summed E-state index contributed by atoms with van der Waals surface area (Å²) in [7, 11) is 0. The number of hydrogen-bond acceptors (Lipinski definition) is 6. The van der Waals surface area contributed by atoms with Crippen LogP contribution in [-0.4, -0.2) is 28.2 Å². The summed E-state index contributed by atoms with van der Waals surface area (Å²) in [6.45, 7) is 6.46. The van der Waals surface area contributed by atoms with Crippen molar-refractivity contribution in [2.24, 2.45) is 5.92 Å². The Balaban J connectivity index is 1.17. The van der Waals surface area contributed by atoms with Crippen molar-refractivity contribution >= 4 is 34.9 Å². The molecule has 0 bridgehead atoms. The van der Waals surface area contributed by atoms with E-state index in [9.17, 15) is 0 Å². The van der Waals surface area contributed by atoms with Gasteiger partial charge in [0.15, 0.2) is 5.11 Å². The standard InChI is InChI=1S/C30H32N6OS/c1-21-8-7-15-35(18-21)27-16-28(36-19-23-11-5-6-12-24(23)20-36)33-29(32-27)34-30(38)31-17-25-13-14-26(37-25)22-9-3-2-4-10-22/h2-6,9-14,16,21H,7-8,15,17-20H2,1H3,(H2,31,32,33,34,38). The molecule has 0 amide bonds. The van der Waals surface area contributed by atoms with E-state index in [-0.39, 0.29) is 0 Å². The van der Waals surface area contributed by atoms with Crippen molar-refractivity contribution in [2.45, 2.75) is 39.4 Å². The number of aromatic nitrogens is 2.